The van der Waals surface area contributed by atoms with Gasteiger partial charge in [-0.3, -0.25) is 4.79 Å². The summed E-state index contributed by atoms with van der Waals surface area (Å²) in [6, 6.07) is 9.20. The fourth-order valence-electron chi connectivity index (χ4n) is 3.37. The number of rotatable bonds is 7. The van der Waals surface area contributed by atoms with Crippen LogP contribution in [0.1, 0.15) is 39.2 Å². The third kappa shape index (κ3) is 6.24. The number of likely N-dealkylation sites (N-methyl/N-ethyl adjacent to an activating group) is 1. The molecule has 2 amide bonds. The lowest BCUT2D eigenvalue weighted by molar-refractivity contribution is -0.134. The highest BCUT2D eigenvalue weighted by atomic mass is 16.6. The monoisotopic (exact) mass is 375 g/mol. The molecular weight excluding hydrogens is 342 g/mol. The van der Waals surface area contributed by atoms with E-state index in [0.29, 0.717) is 26.2 Å². The second-order valence-electron chi connectivity index (χ2n) is 7.64. The maximum atomic E-state index is 12.6. The van der Waals surface area contributed by atoms with Crippen molar-refractivity contribution < 1.29 is 14.3 Å². The van der Waals surface area contributed by atoms with Crippen molar-refractivity contribution in [1.29, 1.82) is 0 Å². The van der Waals surface area contributed by atoms with Crippen molar-refractivity contribution >= 4 is 12.0 Å². The van der Waals surface area contributed by atoms with Gasteiger partial charge in [0.25, 0.3) is 0 Å². The molecule has 2 atom stereocenters. The van der Waals surface area contributed by atoms with E-state index in [9.17, 15) is 9.59 Å². The zero-order valence-electron chi connectivity index (χ0n) is 16.8. The summed E-state index contributed by atoms with van der Waals surface area (Å²) >= 11 is 0. The Bertz CT molecular complexity index is 606. The van der Waals surface area contributed by atoms with Gasteiger partial charge >= 0.3 is 6.09 Å². The van der Waals surface area contributed by atoms with Crippen LogP contribution in [0.4, 0.5) is 4.79 Å². The van der Waals surface area contributed by atoms with Gasteiger partial charge in [0.05, 0.1) is 6.04 Å². The van der Waals surface area contributed by atoms with Crippen molar-refractivity contribution in [2.45, 2.75) is 46.3 Å². The van der Waals surface area contributed by atoms with Gasteiger partial charge in [0.1, 0.15) is 6.61 Å². The number of likely N-dealkylation sites (tertiary alicyclic amines) is 1. The van der Waals surface area contributed by atoms with Crippen LogP contribution in [0.5, 0.6) is 0 Å². The van der Waals surface area contributed by atoms with Crippen LogP contribution in [0.2, 0.25) is 0 Å². The van der Waals surface area contributed by atoms with E-state index < -0.39 is 6.04 Å². The first kappa shape index (κ1) is 21.2. The summed E-state index contributed by atoms with van der Waals surface area (Å²) in [5, 5.41) is 0. The molecule has 0 spiro atoms. The molecule has 1 aliphatic heterocycles. The van der Waals surface area contributed by atoms with Crippen LogP contribution in [0.15, 0.2) is 30.3 Å². The van der Waals surface area contributed by atoms with Crippen LogP contribution in [0.25, 0.3) is 0 Å². The summed E-state index contributed by atoms with van der Waals surface area (Å²) in [4.78, 5) is 28.6. The molecule has 0 aromatic heterocycles. The van der Waals surface area contributed by atoms with Crippen LogP contribution < -0.4 is 5.73 Å². The lowest BCUT2D eigenvalue weighted by atomic mass is 9.96. The Morgan fingerprint density at radius 3 is 2.63 bits per heavy atom. The van der Waals surface area contributed by atoms with Gasteiger partial charge in [0, 0.05) is 26.2 Å². The fourth-order valence-corrected chi connectivity index (χ4v) is 3.37. The van der Waals surface area contributed by atoms with Crippen molar-refractivity contribution in [2.75, 3.05) is 26.2 Å². The van der Waals surface area contributed by atoms with E-state index in [2.05, 4.69) is 0 Å². The van der Waals surface area contributed by atoms with Crippen molar-refractivity contribution in [2.24, 2.45) is 17.6 Å². The van der Waals surface area contributed by atoms with Gasteiger partial charge in [-0.2, -0.15) is 0 Å². The Labute approximate surface area is 162 Å². The highest BCUT2D eigenvalue weighted by molar-refractivity contribution is 5.81. The van der Waals surface area contributed by atoms with E-state index in [1.54, 1.807) is 4.90 Å². The van der Waals surface area contributed by atoms with Gasteiger partial charge in [-0.05, 0) is 37.2 Å². The molecule has 150 valence electrons. The van der Waals surface area contributed by atoms with Gasteiger partial charge in [-0.25, -0.2) is 4.79 Å². The highest BCUT2D eigenvalue weighted by Crippen LogP contribution is 2.19. The molecule has 0 unspecified atom stereocenters. The Kier molecular flexibility index (Phi) is 8.10. The van der Waals surface area contributed by atoms with Crippen LogP contribution in [-0.4, -0.2) is 54.0 Å². The normalized spacial score (nSPS) is 18.3. The van der Waals surface area contributed by atoms with Crippen LogP contribution in [0.3, 0.4) is 0 Å². The molecule has 6 nitrogen and oxygen atoms in total. The minimum atomic E-state index is -0.472. The fraction of sp³-hybridized carbons (Fsp3) is 0.619. The number of benzene rings is 1. The van der Waals surface area contributed by atoms with Gasteiger partial charge in [0.15, 0.2) is 0 Å². The predicted octanol–water partition coefficient (Wildman–Crippen LogP) is 2.87. The molecule has 1 aliphatic rings. The topological polar surface area (TPSA) is 75.9 Å². The van der Waals surface area contributed by atoms with Gasteiger partial charge < -0.3 is 20.3 Å². The van der Waals surface area contributed by atoms with Crippen LogP contribution >= 0.6 is 0 Å². The number of carbonyl (C=O) groups is 2. The number of hydrogen-bond acceptors (Lipinski definition) is 4. The Morgan fingerprint density at radius 1 is 1.30 bits per heavy atom. The molecule has 0 saturated carbocycles. The number of nitrogens with zero attached hydrogens (tertiary/aromatic N) is 2. The lowest BCUT2D eigenvalue weighted by Gasteiger charge is -2.35. The largest absolute Gasteiger partial charge is 0.445 e. The third-order valence-corrected chi connectivity index (χ3v) is 5.16. The first-order valence-corrected chi connectivity index (χ1v) is 9.92. The third-order valence-electron chi connectivity index (χ3n) is 5.16. The number of nitrogens with two attached hydrogens (primary N) is 1. The number of piperidine rings is 1. The summed E-state index contributed by atoms with van der Waals surface area (Å²) < 4.78 is 5.45. The molecule has 0 aliphatic carbocycles. The second-order valence-corrected chi connectivity index (χ2v) is 7.64. The Balaban J connectivity index is 1.86. The van der Waals surface area contributed by atoms with Crippen molar-refractivity contribution in [3.05, 3.63) is 35.9 Å². The average molecular weight is 376 g/mol. The lowest BCUT2D eigenvalue weighted by Crippen LogP contribution is -2.50. The Hall–Kier alpha value is -2.08. The number of ether oxygens (including phenoxy) is 1. The molecule has 1 fully saturated rings. The van der Waals surface area contributed by atoms with Gasteiger partial charge in [-0.1, -0.05) is 44.2 Å². The molecule has 6 heteroatoms. The molecule has 2 N–H and O–H groups in total. The molecule has 1 heterocycles. The van der Waals surface area contributed by atoms with Crippen LogP contribution in [-0.2, 0) is 16.1 Å². The molecule has 27 heavy (non-hydrogen) atoms. The number of amides is 2. The molecule has 1 aromatic carbocycles. The van der Waals surface area contributed by atoms with E-state index in [-0.39, 0.29) is 30.4 Å². The first-order valence-electron chi connectivity index (χ1n) is 9.92. The van der Waals surface area contributed by atoms with Crippen molar-refractivity contribution in [3.63, 3.8) is 0 Å². The zero-order chi connectivity index (χ0) is 19.8. The first-order chi connectivity index (χ1) is 12.9. The SMILES string of the molecule is CCN(C[C@H]1CCCN(C(=O)OCc2ccccc2)C1)C(=O)[C@@H](N)C(C)C. The van der Waals surface area contributed by atoms with E-state index in [0.717, 1.165) is 18.4 Å². The zero-order valence-corrected chi connectivity index (χ0v) is 16.8. The van der Waals surface area contributed by atoms with Crippen molar-refractivity contribution in [1.82, 2.24) is 9.80 Å². The molecule has 0 radical (unpaired) electrons. The quantitative estimate of drug-likeness (QED) is 0.795. The molecule has 1 saturated heterocycles. The van der Waals surface area contributed by atoms with Gasteiger partial charge in [-0.15, -0.1) is 0 Å². The Morgan fingerprint density at radius 2 is 2.00 bits per heavy atom. The summed E-state index contributed by atoms with van der Waals surface area (Å²) in [6.07, 6.45) is 1.65. The van der Waals surface area contributed by atoms with E-state index in [4.69, 9.17) is 10.5 Å². The highest BCUT2D eigenvalue weighted by Gasteiger charge is 2.29. The van der Waals surface area contributed by atoms with Crippen molar-refractivity contribution in [3.8, 4) is 0 Å². The van der Waals surface area contributed by atoms with E-state index >= 15 is 0 Å². The molecular formula is C21H33N3O3. The number of carbonyl (C=O) groups excluding carboxylic acids is 2. The van der Waals surface area contributed by atoms with E-state index in [1.165, 1.54) is 0 Å². The maximum Gasteiger partial charge on any atom is 0.410 e. The average Bonchev–Trinajstić information content (AvgIpc) is 2.70. The minimum Gasteiger partial charge on any atom is -0.445 e. The van der Waals surface area contributed by atoms with Crippen LogP contribution in [0, 0.1) is 11.8 Å². The smallest absolute Gasteiger partial charge is 0.410 e. The summed E-state index contributed by atoms with van der Waals surface area (Å²) in [6.45, 7) is 8.77. The van der Waals surface area contributed by atoms with Gasteiger partial charge in [0.2, 0.25) is 5.91 Å². The summed E-state index contributed by atoms with van der Waals surface area (Å²) in [5.74, 6) is 0.366. The minimum absolute atomic E-state index is 0.00345. The summed E-state index contributed by atoms with van der Waals surface area (Å²) in [5.41, 5.74) is 7.01. The number of hydrogen-bond donors (Lipinski definition) is 1. The maximum absolute atomic E-state index is 12.6. The second kappa shape index (κ2) is 10.3. The standard InChI is InChI=1S/C21H33N3O3/c1-4-23(20(25)19(22)16(2)3)13-18-11-8-12-24(14-18)21(26)27-15-17-9-6-5-7-10-17/h5-7,9-10,16,18-19H,4,8,11-15,22H2,1-3H3/t18-,19+/m1/s1. The molecule has 1 aromatic rings. The predicted molar refractivity (Wildman–Crippen MR) is 106 cm³/mol. The molecule has 0 bridgehead atoms. The summed E-state index contributed by atoms with van der Waals surface area (Å²) in [7, 11) is 0. The molecule has 2 rings (SSSR count). The van der Waals surface area contributed by atoms with E-state index in [1.807, 2.05) is 56.0 Å².